The zero-order chi connectivity index (χ0) is 27.6. The lowest BCUT2D eigenvalue weighted by molar-refractivity contribution is 0.0697. The van der Waals surface area contributed by atoms with Crippen molar-refractivity contribution in [3.05, 3.63) is 138 Å². The Bertz CT molecular complexity index is 1670. The van der Waals surface area contributed by atoms with Crippen molar-refractivity contribution in [2.45, 2.75) is 19.0 Å². The van der Waals surface area contributed by atoms with Gasteiger partial charge in [0.05, 0.1) is 17.3 Å². The summed E-state index contributed by atoms with van der Waals surface area (Å²) in [5.41, 5.74) is 4.82. The fourth-order valence-electron chi connectivity index (χ4n) is 5.01. The number of rotatable bonds is 7. The zero-order valence-electron chi connectivity index (χ0n) is 21.6. The number of thiocarbonyl (C=S) groups is 1. The van der Waals surface area contributed by atoms with Crippen LogP contribution in [0.3, 0.4) is 0 Å². The number of ether oxygens (including phenoxy) is 1. The molecule has 3 heterocycles. The number of aromatic carboxylic acids is 1. The second-order valence-corrected chi connectivity index (χ2v) is 9.95. The number of nitrogens with zero attached hydrogens (tertiary/aromatic N) is 3. The van der Waals surface area contributed by atoms with Crippen molar-refractivity contribution < 1.29 is 14.6 Å². The molecule has 1 saturated heterocycles. The van der Waals surface area contributed by atoms with Gasteiger partial charge in [-0.05, 0) is 98.0 Å². The van der Waals surface area contributed by atoms with Gasteiger partial charge in [0.1, 0.15) is 17.5 Å². The van der Waals surface area contributed by atoms with E-state index in [0.29, 0.717) is 5.11 Å². The first-order chi connectivity index (χ1) is 19.5. The number of aryl methyl sites for hydroxylation is 1. The van der Waals surface area contributed by atoms with Gasteiger partial charge in [-0.3, -0.25) is 4.98 Å². The lowest BCUT2D eigenvalue weighted by Gasteiger charge is -2.29. The van der Waals surface area contributed by atoms with Crippen LogP contribution < -0.4 is 15.0 Å². The fourth-order valence-corrected chi connectivity index (χ4v) is 5.36. The minimum Gasteiger partial charge on any atom is -0.478 e. The molecule has 7 nitrogen and oxygen atoms in total. The standard InChI is InChI=1S/C32H26N4O3S/c1-21-10-14-25(15-11-21)39-26-16-12-23(13-17-26)36-30(29(34-32(36)40)27-8-2-3-18-33-27)28-9-5-19-35(28)24-7-4-6-22(20-24)31(37)38/h2-20,29-30H,1H3,(H,34,40)(H,37,38)/t29-,30+/m1/s1. The van der Waals surface area contributed by atoms with Crippen LogP contribution in [0.25, 0.3) is 5.69 Å². The molecule has 3 aromatic carbocycles. The zero-order valence-corrected chi connectivity index (χ0v) is 22.5. The highest BCUT2D eigenvalue weighted by atomic mass is 32.1. The second kappa shape index (κ2) is 10.7. The van der Waals surface area contributed by atoms with Gasteiger partial charge in [-0.15, -0.1) is 0 Å². The van der Waals surface area contributed by atoms with Gasteiger partial charge in [-0.1, -0.05) is 29.8 Å². The third-order valence-corrected chi connectivity index (χ3v) is 7.24. The van der Waals surface area contributed by atoms with Crippen LogP contribution in [0.5, 0.6) is 11.5 Å². The first-order valence-electron chi connectivity index (χ1n) is 12.8. The van der Waals surface area contributed by atoms with Gasteiger partial charge < -0.3 is 24.6 Å². The van der Waals surface area contributed by atoms with Crippen molar-refractivity contribution >= 4 is 29.0 Å². The number of benzene rings is 3. The number of aromatic nitrogens is 2. The Hall–Kier alpha value is -4.95. The van der Waals surface area contributed by atoms with E-state index in [2.05, 4.69) is 15.2 Å². The van der Waals surface area contributed by atoms with Crippen LogP contribution in [0.1, 0.15) is 39.4 Å². The average Bonchev–Trinajstić information content (AvgIpc) is 3.60. The predicted octanol–water partition coefficient (Wildman–Crippen LogP) is 6.85. The molecule has 0 bridgehead atoms. The molecule has 0 radical (unpaired) electrons. The van der Waals surface area contributed by atoms with Crippen molar-refractivity contribution in [1.29, 1.82) is 0 Å². The number of anilines is 1. The van der Waals surface area contributed by atoms with E-state index in [4.69, 9.17) is 17.0 Å². The first kappa shape index (κ1) is 25.3. The summed E-state index contributed by atoms with van der Waals surface area (Å²) in [6, 6.07) is 32.0. The Morgan fingerprint density at radius 3 is 2.35 bits per heavy atom. The molecule has 0 aliphatic carbocycles. The highest BCUT2D eigenvalue weighted by Gasteiger charge is 2.42. The molecule has 198 valence electrons. The molecule has 8 heteroatoms. The quantitative estimate of drug-likeness (QED) is 0.216. The summed E-state index contributed by atoms with van der Waals surface area (Å²) in [7, 11) is 0. The summed E-state index contributed by atoms with van der Waals surface area (Å²) in [5.74, 6) is 0.517. The normalized spacial score (nSPS) is 16.5. The van der Waals surface area contributed by atoms with Gasteiger partial charge in [-0.25, -0.2) is 4.79 Å². The Balaban J connectivity index is 1.40. The number of nitrogens with one attached hydrogen (secondary N) is 1. The molecule has 2 aromatic heterocycles. The van der Waals surface area contributed by atoms with E-state index in [9.17, 15) is 9.90 Å². The van der Waals surface area contributed by atoms with Gasteiger partial charge in [0, 0.05) is 29.5 Å². The Kier molecular flexibility index (Phi) is 6.76. The monoisotopic (exact) mass is 546 g/mol. The Morgan fingerprint density at radius 2 is 1.65 bits per heavy atom. The van der Waals surface area contributed by atoms with Crippen LogP contribution in [0.15, 0.2) is 116 Å². The molecule has 0 saturated carbocycles. The Labute approximate surface area is 237 Å². The van der Waals surface area contributed by atoms with Crippen LogP contribution in [-0.4, -0.2) is 25.7 Å². The van der Waals surface area contributed by atoms with E-state index in [1.165, 1.54) is 5.56 Å². The smallest absolute Gasteiger partial charge is 0.335 e. The van der Waals surface area contributed by atoms with Crippen molar-refractivity contribution in [2.75, 3.05) is 4.90 Å². The molecule has 2 N–H and O–H groups in total. The van der Waals surface area contributed by atoms with Crippen molar-refractivity contribution in [3.63, 3.8) is 0 Å². The first-order valence-corrected chi connectivity index (χ1v) is 13.2. The molecular formula is C32H26N4O3S. The second-order valence-electron chi connectivity index (χ2n) is 9.56. The van der Waals surface area contributed by atoms with Gasteiger partial charge in [0.2, 0.25) is 0 Å². The molecule has 0 unspecified atom stereocenters. The average molecular weight is 547 g/mol. The summed E-state index contributed by atoms with van der Waals surface area (Å²) >= 11 is 5.88. The number of carboxylic acids is 1. The van der Waals surface area contributed by atoms with E-state index in [-0.39, 0.29) is 17.6 Å². The summed E-state index contributed by atoms with van der Waals surface area (Å²) in [6.07, 6.45) is 3.70. The predicted molar refractivity (Wildman–Crippen MR) is 158 cm³/mol. The molecular weight excluding hydrogens is 520 g/mol. The number of carbonyl (C=O) groups is 1. The highest BCUT2D eigenvalue weighted by Crippen LogP contribution is 2.42. The Morgan fingerprint density at radius 1 is 0.900 bits per heavy atom. The van der Waals surface area contributed by atoms with E-state index >= 15 is 0 Å². The third kappa shape index (κ3) is 4.92. The van der Waals surface area contributed by atoms with Gasteiger partial charge in [-0.2, -0.15) is 0 Å². The molecule has 5 aromatic rings. The van der Waals surface area contributed by atoms with Gasteiger partial charge >= 0.3 is 5.97 Å². The third-order valence-electron chi connectivity index (χ3n) is 6.92. The summed E-state index contributed by atoms with van der Waals surface area (Å²) in [6.45, 7) is 2.04. The minimum atomic E-state index is -0.972. The summed E-state index contributed by atoms with van der Waals surface area (Å²) in [5, 5.41) is 13.6. The lowest BCUT2D eigenvalue weighted by Crippen LogP contribution is -2.30. The molecule has 1 aliphatic rings. The summed E-state index contributed by atoms with van der Waals surface area (Å²) < 4.78 is 8.05. The van der Waals surface area contributed by atoms with Crippen LogP contribution in [0.4, 0.5) is 5.69 Å². The van der Waals surface area contributed by atoms with Gasteiger partial charge in [0.15, 0.2) is 5.11 Å². The topological polar surface area (TPSA) is 79.6 Å². The minimum absolute atomic E-state index is 0.222. The lowest BCUT2D eigenvalue weighted by atomic mass is 10.0. The van der Waals surface area contributed by atoms with Crippen LogP contribution in [0.2, 0.25) is 0 Å². The van der Waals surface area contributed by atoms with E-state index in [0.717, 1.165) is 34.3 Å². The van der Waals surface area contributed by atoms with E-state index < -0.39 is 5.97 Å². The van der Waals surface area contributed by atoms with Crippen molar-refractivity contribution in [2.24, 2.45) is 0 Å². The molecule has 0 spiro atoms. The largest absolute Gasteiger partial charge is 0.478 e. The fraction of sp³-hybridized carbons (Fsp3) is 0.0938. The van der Waals surface area contributed by atoms with Crippen LogP contribution in [0, 0.1) is 6.92 Å². The van der Waals surface area contributed by atoms with E-state index in [1.807, 2.05) is 103 Å². The molecule has 40 heavy (non-hydrogen) atoms. The summed E-state index contributed by atoms with van der Waals surface area (Å²) in [4.78, 5) is 18.4. The molecule has 0 amide bonds. The number of hydrogen-bond acceptors (Lipinski definition) is 4. The molecule has 1 fully saturated rings. The number of hydrogen-bond donors (Lipinski definition) is 2. The van der Waals surface area contributed by atoms with Crippen molar-refractivity contribution in [3.8, 4) is 17.2 Å². The highest BCUT2D eigenvalue weighted by molar-refractivity contribution is 7.80. The van der Waals surface area contributed by atoms with E-state index in [1.54, 1.807) is 24.4 Å². The molecule has 1 aliphatic heterocycles. The SMILES string of the molecule is Cc1ccc(Oc2ccc(N3C(=S)N[C@H](c4ccccn4)[C@@H]3c3cccn3-c3cccc(C(=O)O)c3)cc2)cc1. The molecule has 2 atom stereocenters. The van der Waals surface area contributed by atoms with Gasteiger partial charge in [0.25, 0.3) is 0 Å². The van der Waals surface area contributed by atoms with Crippen LogP contribution in [-0.2, 0) is 0 Å². The maximum absolute atomic E-state index is 11.7. The maximum Gasteiger partial charge on any atom is 0.335 e. The maximum atomic E-state index is 11.7. The van der Waals surface area contributed by atoms with Crippen molar-refractivity contribution in [1.82, 2.24) is 14.9 Å². The molecule has 6 rings (SSSR count). The number of pyridine rings is 1. The van der Waals surface area contributed by atoms with Crippen LogP contribution >= 0.6 is 12.2 Å². The number of carboxylic acid groups (broad SMARTS) is 1.